The van der Waals surface area contributed by atoms with Crippen LogP contribution in [-0.2, 0) is 11.2 Å². The normalized spacial score (nSPS) is 12.1. The van der Waals surface area contributed by atoms with E-state index in [0.29, 0.717) is 0 Å². The van der Waals surface area contributed by atoms with E-state index in [1.165, 1.54) is 16.7 Å². The van der Waals surface area contributed by atoms with Crippen LogP contribution < -0.4 is 5.73 Å². The third-order valence-corrected chi connectivity index (χ3v) is 3.80. The Morgan fingerprint density at radius 2 is 1.76 bits per heavy atom. The number of hydrogen-bond donors (Lipinski definition) is 2. The minimum Gasteiger partial charge on any atom is -0.481 e. The van der Waals surface area contributed by atoms with E-state index in [2.05, 4.69) is 38.1 Å². The second kappa shape index (κ2) is 6.55. The van der Waals surface area contributed by atoms with E-state index in [4.69, 9.17) is 10.8 Å². The summed E-state index contributed by atoms with van der Waals surface area (Å²) in [6.45, 7) is 4.23. The van der Waals surface area contributed by atoms with Crippen LogP contribution >= 0.6 is 0 Å². The first-order valence-electron chi connectivity index (χ1n) is 7.08. The quantitative estimate of drug-likeness (QED) is 0.884. The molecular weight excluding hydrogens is 262 g/mol. The maximum Gasteiger partial charge on any atom is 0.305 e. The average molecular weight is 283 g/mol. The molecule has 2 rings (SSSR count). The Balaban J connectivity index is 2.24. The van der Waals surface area contributed by atoms with Gasteiger partial charge >= 0.3 is 5.97 Å². The molecule has 0 fully saturated rings. The first-order valence-corrected chi connectivity index (χ1v) is 7.08. The number of benzene rings is 2. The molecule has 0 saturated heterocycles. The van der Waals surface area contributed by atoms with Crippen LogP contribution in [0.1, 0.15) is 40.3 Å². The van der Waals surface area contributed by atoms with E-state index in [1.54, 1.807) is 0 Å². The number of carboxylic acids is 1. The number of aryl methyl sites for hydroxylation is 2. The lowest BCUT2D eigenvalue weighted by Gasteiger charge is -2.13. The van der Waals surface area contributed by atoms with Crippen LogP contribution in [0.4, 0.5) is 0 Å². The average Bonchev–Trinajstić information content (AvgIpc) is 2.43. The van der Waals surface area contributed by atoms with Crippen LogP contribution in [0.3, 0.4) is 0 Å². The number of carboxylic acid groups (broad SMARTS) is 1. The Morgan fingerprint density at radius 1 is 1.14 bits per heavy atom. The standard InChI is InChI=1S/C18H21NO2/c1-12-5-3-6-13(2)16(12)10-14-7-4-8-15(9-14)17(19)11-18(20)21/h3-9,17H,10-11,19H2,1-2H3,(H,20,21). The molecule has 1 atom stereocenters. The van der Waals surface area contributed by atoms with Crippen molar-refractivity contribution in [2.75, 3.05) is 0 Å². The van der Waals surface area contributed by atoms with Gasteiger partial charge in [0.1, 0.15) is 0 Å². The maximum absolute atomic E-state index is 10.8. The predicted molar refractivity (Wildman–Crippen MR) is 84.3 cm³/mol. The van der Waals surface area contributed by atoms with Crippen molar-refractivity contribution in [3.8, 4) is 0 Å². The molecule has 0 aliphatic rings. The van der Waals surface area contributed by atoms with Gasteiger partial charge in [0.25, 0.3) is 0 Å². The molecule has 3 N–H and O–H groups in total. The molecule has 0 spiro atoms. The summed E-state index contributed by atoms with van der Waals surface area (Å²) in [4.78, 5) is 10.8. The molecule has 0 heterocycles. The molecule has 3 nitrogen and oxygen atoms in total. The summed E-state index contributed by atoms with van der Waals surface area (Å²) in [5.74, 6) is -0.873. The van der Waals surface area contributed by atoms with Gasteiger partial charge in [0, 0.05) is 6.04 Å². The lowest BCUT2D eigenvalue weighted by molar-refractivity contribution is -0.137. The van der Waals surface area contributed by atoms with E-state index in [-0.39, 0.29) is 6.42 Å². The Kier molecular flexibility index (Phi) is 4.76. The first kappa shape index (κ1) is 15.3. The molecular formula is C18H21NO2. The summed E-state index contributed by atoms with van der Waals surface area (Å²) in [5.41, 5.74) is 11.8. The fraction of sp³-hybridized carbons (Fsp3) is 0.278. The van der Waals surface area contributed by atoms with Crippen LogP contribution in [0.15, 0.2) is 42.5 Å². The lowest BCUT2D eigenvalue weighted by Crippen LogP contribution is -2.15. The van der Waals surface area contributed by atoms with Crippen LogP contribution in [0.5, 0.6) is 0 Å². The van der Waals surface area contributed by atoms with Gasteiger partial charge in [0.2, 0.25) is 0 Å². The molecule has 0 amide bonds. The van der Waals surface area contributed by atoms with E-state index in [0.717, 1.165) is 17.5 Å². The summed E-state index contributed by atoms with van der Waals surface area (Å²) >= 11 is 0. The predicted octanol–water partition coefficient (Wildman–Crippen LogP) is 3.37. The highest BCUT2D eigenvalue weighted by Gasteiger charge is 2.11. The summed E-state index contributed by atoms with van der Waals surface area (Å²) < 4.78 is 0. The minimum atomic E-state index is -0.873. The Labute approximate surface area is 125 Å². The van der Waals surface area contributed by atoms with Crippen molar-refractivity contribution in [1.82, 2.24) is 0 Å². The summed E-state index contributed by atoms with van der Waals surface area (Å²) in [5, 5.41) is 8.84. The molecule has 0 saturated carbocycles. The highest BCUT2D eigenvalue weighted by molar-refractivity contribution is 5.67. The van der Waals surface area contributed by atoms with Gasteiger partial charge in [-0.3, -0.25) is 4.79 Å². The molecule has 0 bridgehead atoms. The van der Waals surface area contributed by atoms with Crippen molar-refractivity contribution in [3.05, 3.63) is 70.3 Å². The third kappa shape index (κ3) is 3.92. The molecule has 110 valence electrons. The number of rotatable bonds is 5. The monoisotopic (exact) mass is 283 g/mol. The molecule has 2 aromatic rings. The van der Waals surface area contributed by atoms with Gasteiger partial charge in [0.05, 0.1) is 6.42 Å². The van der Waals surface area contributed by atoms with Crippen molar-refractivity contribution in [2.24, 2.45) is 5.73 Å². The smallest absolute Gasteiger partial charge is 0.305 e. The SMILES string of the molecule is Cc1cccc(C)c1Cc1cccc(C(N)CC(=O)O)c1. The van der Waals surface area contributed by atoms with Crippen molar-refractivity contribution < 1.29 is 9.90 Å². The van der Waals surface area contributed by atoms with Crippen LogP contribution in [0, 0.1) is 13.8 Å². The van der Waals surface area contributed by atoms with E-state index in [1.807, 2.05) is 18.2 Å². The van der Waals surface area contributed by atoms with Crippen molar-refractivity contribution in [3.63, 3.8) is 0 Å². The van der Waals surface area contributed by atoms with Crippen molar-refractivity contribution in [1.29, 1.82) is 0 Å². The van der Waals surface area contributed by atoms with Gasteiger partial charge in [-0.1, -0.05) is 42.5 Å². The van der Waals surface area contributed by atoms with Gasteiger partial charge in [-0.05, 0) is 48.1 Å². The van der Waals surface area contributed by atoms with E-state index >= 15 is 0 Å². The largest absolute Gasteiger partial charge is 0.481 e. The maximum atomic E-state index is 10.8. The highest BCUT2D eigenvalue weighted by atomic mass is 16.4. The van der Waals surface area contributed by atoms with E-state index in [9.17, 15) is 4.79 Å². The number of nitrogens with two attached hydrogens (primary N) is 1. The fourth-order valence-electron chi connectivity index (χ4n) is 2.57. The lowest BCUT2D eigenvalue weighted by atomic mass is 9.94. The molecule has 0 aromatic heterocycles. The highest BCUT2D eigenvalue weighted by Crippen LogP contribution is 2.21. The van der Waals surface area contributed by atoms with Gasteiger partial charge in [0.15, 0.2) is 0 Å². The minimum absolute atomic E-state index is 0.0488. The van der Waals surface area contributed by atoms with Crippen molar-refractivity contribution in [2.45, 2.75) is 32.7 Å². The number of carbonyl (C=O) groups is 1. The van der Waals surface area contributed by atoms with Crippen LogP contribution in [0.2, 0.25) is 0 Å². The zero-order valence-electron chi connectivity index (χ0n) is 12.5. The van der Waals surface area contributed by atoms with E-state index < -0.39 is 12.0 Å². The molecule has 21 heavy (non-hydrogen) atoms. The molecule has 1 unspecified atom stereocenters. The fourth-order valence-corrected chi connectivity index (χ4v) is 2.57. The third-order valence-electron chi connectivity index (χ3n) is 3.80. The number of aliphatic carboxylic acids is 1. The van der Waals surface area contributed by atoms with Crippen LogP contribution in [-0.4, -0.2) is 11.1 Å². The second-order valence-electron chi connectivity index (χ2n) is 5.50. The summed E-state index contributed by atoms with van der Waals surface area (Å²) in [6.07, 6.45) is 0.791. The zero-order valence-corrected chi connectivity index (χ0v) is 12.5. The first-order chi connectivity index (χ1) is 9.97. The van der Waals surface area contributed by atoms with Crippen molar-refractivity contribution >= 4 is 5.97 Å². The topological polar surface area (TPSA) is 63.3 Å². The molecule has 0 radical (unpaired) electrons. The Morgan fingerprint density at radius 3 is 2.38 bits per heavy atom. The summed E-state index contributed by atoms with van der Waals surface area (Å²) in [7, 11) is 0. The second-order valence-corrected chi connectivity index (χ2v) is 5.50. The Bertz CT molecular complexity index is 629. The molecule has 0 aliphatic heterocycles. The van der Waals surface area contributed by atoms with Gasteiger partial charge in [-0.2, -0.15) is 0 Å². The van der Waals surface area contributed by atoms with Gasteiger partial charge in [-0.15, -0.1) is 0 Å². The summed E-state index contributed by atoms with van der Waals surface area (Å²) in [6, 6.07) is 13.7. The van der Waals surface area contributed by atoms with Gasteiger partial charge in [-0.25, -0.2) is 0 Å². The molecule has 3 heteroatoms. The molecule has 0 aliphatic carbocycles. The van der Waals surface area contributed by atoms with Crippen LogP contribution in [0.25, 0.3) is 0 Å². The van der Waals surface area contributed by atoms with Gasteiger partial charge < -0.3 is 10.8 Å². The Hall–Kier alpha value is -2.13. The zero-order chi connectivity index (χ0) is 15.4. The molecule has 2 aromatic carbocycles. The number of hydrogen-bond acceptors (Lipinski definition) is 2.